The van der Waals surface area contributed by atoms with Gasteiger partial charge in [0.05, 0.1) is 0 Å². The number of allylic oxidation sites excluding steroid dienone is 1. The van der Waals surface area contributed by atoms with Gasteiger partial charge in [-0.15, -0.1) is 0 Å². The first kappa shape index (κ1) is 8.53. The van der Waals surface area contributed by atoms with Crippen molar-refractivity contribution in [1.29, 1.82) is 0 Å². The lowest BCUT2D eigenvalue weighted by Crippen LogP contribution is -1.92. The summed E-state index contributed by atoms with van der Waals surface area (Å²) in [6.45, 7) is 5.59. The molecular formula is C10H12N2. The molecule has 0 bridgehead atoms. The second-order valence-electron chi connectivity index (χ2n) is 2.43. The number of nitrogens with one attached hydrogen (secondary N) is 1. The van der Waals surface area contributed by atoms with Crippen molar-refractivity contribution in [1.82, 2.24) is 10.3 Å². The maximum absolute atomic E-state index is 3.94. The Bertz CT molecular complexity index is 275. The van der Waals surface area contributed by atoms with Gasteiger partial charge >= 0.3 is 0 Å². The third kappa shape index (κ3) is 2.23. The Kier molecular flexibility index (Phi) is 3.08. The van der Waals surface area contributed by atoms with E-state index in [1.165, 1.54) is 5.56 Å². The Morgan fingerprint density at radius 2 is 2.17 bits per heavy atom. The van der Waals surface area contributed by atoms with E-state index >= 15 is 0 Å². The van der Waals surface area contributed by atoms with E-state index in [1.54, 1.807) is 18.6 Å². The van der Waals surface area contributed by atoms with Crippen molar-refractivity contribution in [2.75, 3.05) is 0 Å². The number of rotatable bonds is 3. The number of pyridine rings is 1. The van der Waals surface area contributed by atoms with E-state index in [1.807, 2.05) is 25.3 Å². The van der Waals surface area contributed by atoms with Crippen molar-refractivity contribution < 1.29 is 0 Å². The molecule has 12 heavy (non-hydrogen) atoms. The van der Waals surface area contributed by atoms with Crippen molar-refractivity contribution in [2.24, 2.45) is 0 Å². The normalized spacial score (nSPS) is 10.9. The van der Waals surface area contributed by atoms with E-state index in [0.29, 0.717) is 0 Å². The molecule has 0 aliphatic carbocycles. The maximum atomic E-state index is 3.94. The summed E-state index contributed by atoms with van der Waals surface area (Å²) in [5.74, 6) is 0. The standard InChI is InChI=1S/C10H12N2/c1-3-11-8-9(2)10-4-6-12-7-5-10/h3-8,11H,1H2,2H3/b9-8+. The van der Waals surface area contributed by atoms with E-state index in [9.17, 15) is 0 Å². The molecule has 1 aromatic rings. The molecule has 0 fully saturated rings. The number of aromatic nitrogens is 1. The molecule has 62 valence electrons. The van der Waals surface area contributed by atoms with Crippen molar-refractivity contribution in [3.63, 3.8) is 0 Å². The first-order valence-electron chi connectivity index (χ1n) is 3.78. The fourth-order valence-corrected chi connectivity index (χ4v) is 0.882. The molecule has 0 spiro atoms. The van der Waals surface area contributed by atoms with Crippen LogP contribution in [0, 0.1) is 0 Å². The van der Waals surface area contributed by atoms with Crippen molar-refractivity contribution in [3.8, 4) is 0 Å². The van der Waals surface area contributed by atoms with Crippen LogP contribution in [0.4, 0.5) is 0 Å². The van der Waals surface area contributed by atoms with Gasteiger partial charge in [0.2, 0.25) is 0 Å². The summed E-state index contributed by atoms with van der Waals surface area (Å²) in [7, 11) is 0. The highest BCUT2D eigenvalue weighted by atomic mass is 14.8. The van der Waals surface area contributed by atoms with Gasteiger partial charge in [0.25, 0.3) is 0 Å². The summed E-state index contributed by atoms with van der Waals surface area (Å²) >= 11 is 0. The van der Waals surface area contributed by atoms with Crippen LogP contribution in [-0.4, -0.2) is 4.98 Å². The van der Waals surface area contributed by atoms with Crippen LogP contribution < -0.4 is 5.32 Å². The fraction of sp³-hybridized carbons (Fsp3) is 0.100. The lowest BCUT2D eigenvalue weighted by molar-refractivity contribution is 1.20. The van der Waals surface area contributed by atoms with E-state index in [2.05, 4.69) is 16.9 Å². The van der Waals surface area contributed by atoms with Crippen LogP contribution in [0.5, 0.6) is 0 Å². The monoisotopic (exact) mass is 160 g/mol. The Morgan fingerprint density at radius 1 is 1.50 bits per heavy atom. The minimum atomic E-state index is 1.16. The number of hydrogen-bond donors (Lipinski definition) is 1. The maximum Gasteiger partial charge on any atom is 0.0273 e. The number of nitrogens with zero attached hydrogens (tertiary/aromatic N) is 1. The Labute approximate surface area is 72.6 Å². The van der Waals surface area contributed by atoms with Crippen LogP contribution in [0.1, 0.15) is 12.5 Å². The van der Waals surface area contributed by atoms with Gasteiger partial charge in [0.15, 0.2) is 0 Å². The van der Waals surface area contributed by atoms with Crippen LogP contribution in [0.3, 0.4) is 0 Å². The third-order valence-corrected chi connectivity index (χ3v) is 1.55. The minimum absolute atomic E-state index is 1.16. The molecular weight excluding hydrogens is 148 g/mol. The molecule has 1 aromatic heterocycles. The van der Waals surface area contributed by atoms with E-state index in [4.69, 9.17) is 0 Å². The van der Waals surface area contributed by atoms with E-state index < -0.39 is 0 Å². The summed E-state index contributed by atoms with van der Waals surface area (Å²) in [5, 5.41) is 2.93. The van der Waals surface area contributed by atoms with Gasteiger partial charge in [-0.1, -0.05) is 6.58 Å². The highest BCUT2D eigenvalue weighted by Gasteiger charge is 1.91. The summed E-state index contributed by atoms with van der Waals surface area (Å²) in [4.78, 5) is 3.94. The Balaban J connectivity index is 2.77. The van der Waals surface area contributed by atoms with E-state index in [0.717, 1.165) is 5.57 Å². The van der Waals surface area contributed by atoms with Crippen LogP contribution in [0.2, 0.25) is 0 Å². The molecule has 0 saturated carbocycles. The predicted octanol–water partition coefficient (Wildman–Crippen LogP) is 2.18. The van der Waals surface area contributed by atoms with Crippen molar-refractivity contribution in [2.45, 2.75) is 6.92 Å². The largest absolute Gasteiger partial charge is 0.368 e. The van der Waals surface area contributed by atoms with E-state index in [-0.39, 0.29) is 0 Å². The lowest BCUT2D eigenvalue weighted by atomic mass is 10.1. The minimum Gasteiger partial charge on any atom is -0.368 e. The van der Waals surface area contributed by atoms with Crippen LogP contribution in [-0.2, 0) is 0 Å². The van der Waals surface area contributed by atoms with Gasteiger partial charge in [-0.05, 0) is 36.4 Å². The molecule has 1 N–H and O–H groups in total. The molecule has 1 rings (SSSR count). The van der Waals surface area contributed by atoms with Gasteiger partial charge in [0.1, 0.15) is 0 Å². The fourth-order valence-electron chi connectivity index (χ4n) is 0.882. The Morgan fingerprint density at radius 3 is 2.75 bits per heavy atom. The average Bonchev–Trinajstić information content (AvgIpc) is 2.15. The first-order chi connectivity index (χ1) is 5.84. The predicted molar refractivity (Wildman–Crippen MR) is 51.2 cm³/mol. The zero-order chi connectivity index (χ0) is 8.81. The van der Waals surface area contributed by atoms with Crippen LogP contribution in [0.15, 0.2) is 43.5 Å². The SMILES string of the molecule is C=CN/C=C(\C)c1ccncc1. The van der Waals surface area contributed by atoms with Gasteiger partial charge in [0, 0.05) is 18.6 Å². The topological polar surface area (TPSA) is 24.9 Å². The molecule has 0 radical (unpaired) electrons. The van der Waals surface area contributed by atoms with Crippen molar-refractivity contribution in [3.05, 3.63) is 49.1 Å². The smallest absolute Gasteiger partial charge is 0.0273 e. The molecule has 0 aliphatic heterocycles. The molecule has 0 amide bonds. The first-order valence-corrected chi connectivity index (χ1v) is 3.78. The molecule has 0 aliphatic rings. The third-order valence-electron chi connectivity index (χ3n) is 1.55. The van der Waals surface area contributed by atoms with Gasteiger partial charge in [-0.3, -0.25) is 4.98 Å². The Hall–Kier alpha value is -1.57. The summed E-state index contributed by atoms with van der Waals surface area (Å²) in [6.07, 6.45) is 7.11. The molecule has 0 aromatic carbocycles. The molecule has 1 heterocycles. The molecule has 0 atom stereocenters. The molecule has 2 heteroatoms. The van der Waals surface area contributed by atoms with Crippen LogP contribution >= 0.6 is 0 Å². The van der Waals surface area contributed by atoms with Gasteiger partial charge in [-0.25, -0.2) is 0 Å². The second kappa shape index (κ2) is 4.34. The quantitative estimate of drug-likeness (QED) is 0.733. The zero-order valence-electron chi connectivity index (χ0n) is 7.12. The molecule has 0 unspecified atom stereocenters. The number of hydrogen-bond acceptors (Lipinski definition) is 2. The lowest BCUT2D eigenvalue weighted by Gasteiger charge is -1.99. The van der Waals surface area contributed by atoms with Crippen LogP contribution in [0.25, 0.3) is 5.57 Å². The molecule has 0 saturated heterocycles. The summed E-state index contributed by atoms with van der Waals surface area (Å²) in [6, 6.07) is 3.94. The van der Waals surface area contributed by atoms with Gasteiger partial charge < -0.3 is 5.32 Å². The molecule has 2 nitrogen and oxygen atoms in total. The van der Waals surface area contributed by atoms with Crippen molar-refractivity contribution >= 4 is 5.57 Å². The second-order valence-corrected chi connectivity index (χ2v) is 2.43. The zero-order valence-corrected chi connectivity index (χ0v) is 7.12. The highest BCUT2D eigenvalue weighted by Crippen LogP contribution is 2.09. The van der Waals surface area contributed by atoms with Gasteiger partial charge in [-0.2, -0.15) is 0 Å². The highest BCUT2D eigenvalue weighted by molar-refractivity contribution is 5.62. The average molecular weight is 160 g/mol. The summed E-state index contributed by atoms with van der Waals surface area (Å²) in [5.41, 5.74) is 2.33. The summed E-state index contributed by atoms with van der Waals surface area (Å²) < 4.78 is 0.